The highest BCUT2D eigenvalue weighted by Gasteiger charge is 2.27. The SMILES string of the molecule is Oc1c(C(c2ccc3ccccc3c2O)c2ccc3ccccc3c2O)ccc2ccccc12. The van der Waals surface area contributed by atoms with E-state index in [1.54, 1.807) is 0 Å². The van der Waals surface area contributed by atoms with Crippen LogP contribution in [0.5, 0.6) is 17.2 Å². The Balaban J connectivity index is 1.69. The highest BCUT2D eigenvalue weighted by Crippen LogP contribution is 2.48. The number of benzene rings is 6. The molecule has 3 nitrogen and oxygen atoms in total. The number of rotatable bonds is 3. The number of phenolic OH excluding ortho intramolecular Hbond substituents is 3. The molecule has 0 aliphatic heterocycles. The lowest BCUT2D eigenvalue weighted by Crippen LogP contribution is -2.05. The Bertz CT molecular complexity index is 1500. The molecule has 0 saturated carbocycles. The van der Waals surface area contributed by atoms with Crippen molar-refractivity contribution in [1.29, 1.82) is 0 Å². The summed E-state index contributed by atoms with van der Waals surface area (Å²) in [6.07, 6.45) is 0. The first kappa shape index (κ1) is 20.1. The summed E-state index contributed by atoms with van der Waals surface area (Å²) in [4.78, 5) is 0. The fraction of sp³-hybridized carbons (Fsp3) is 0.0323. The molecule has 0 unspecified atom stereocenters. The van der Waals surface area contributed by atoms with Gasteiger partial charge in [0.05, 0.1) is 0 Å². The third-order valence-electron chi connectivity index (χ3n) is 6.73. The molecule has 0 saturated heterocycles. The molecule has 0 bridgehead atoms. The van der Waals surface area contributed by atoms with Crippen molar-refractivity contribution in [3.8, 4) is 17.2 Å². The van der Waals surface area contributed by atoms with Gasteiger partial charge in [0, 0.05) is 38.8 Å². The van der Waals surface area contributed by atoms with Gasteiger partial charge < -0.3 is 15.3 Å². The normalized spacial score (nSPS) is 11.6. The van der Waals surface area contributed by atoms with Gasteiger partial charge in [-0.2, -0.15) is 0 Å². The van der Waals surface area contributed by atoms with E-state index in [0.717, 1.165) is 32.3 Å². The first-order chi connectivity index (χ1) is 16.6. The molecular weight excluding hydrogens is 420 g/mol. The van der Waals surface area contributed by atoms with Gasteiger partial charge in [0.2, 0.25) is 0 Å². The molecule has 0 radical (unpaired) electrons. The van der Waals surface area contributed by atoms with E-state index in [4.69, 9.17) is 0 Å². The summed E-state index contributed by atoms with van der Waals surface area (Å²) in [5, 5.41) is 39.1. The summed E-state index contributed by atoms with van der Waals surface area (Å²) in [7, 11) is 0. The Morgan fingerprint density at radius 3 is 0.971 bits per heavy atom. The highest BCUT2D eigenvalue weighted by atomic mass is 16.3. The van der Waals surface area contributed by atoms with Crippen molar-refractivity contribution in [1.82, 2.24) is 0 Å². The van der Waals surface area contributed by atoms with Crippen molar-refractivity contribution in [3.05, 3.63) is 126 Å². The second-order valence-electron chi connectivity index (χ2n) is 8.61. The van der Waals surface area contributed by atoms with Gasteiger partial charge in [-0.25, -0.2) is 0 Å². The molecule has 3 N–H and O–H groups in total. The molecule has 0 aliphatic carbocycles. The molecule has 164 valence electrons. The van der Waals surface area contributed by atoms with Crippen LogP contribution in [-0.4, -0.2) is 15.3 Å². The molecule has 0 amide bonds. The summed E-state index contributed by atoms with van der Waals surface area (Å²) in [6.45, 7) is 0. The molecule has 0 fully saturated rings. The van der Waals surface area contributed by atoms with Crippen molar-refractivity contribution in [3.63, 3.8) is 0 Å². The molecule has 0 spiro atoms. The van der Waals surface area contributed by atoms with Gasteiger partial charge in [-0.1, -0.05) is 109 Å². The zero-order chi connectivity index (χ0) is 23.2. The Morgan fingerprint density at radius 2 is 0.647 bits per heavy atom. The molecule has 3 heteroatoms. The molecule has 0 atom stereocenters. The van der Waals surface area contributed by atoms with E-state index in [9.17, 15) is 15.3 Å². The quantitative estimate of drug-likeness (QED) is 0.250. The summed E-state index contributed by atoms with van der Waals surface area (Å²) < 4.78 is 0. The standard InChI is InChI=1S/C31H22O3/c32-29-22-10-4-1-7-19(22)13-16-25(29)28(26-17-14-20-8-2-5-11-23(20)30(26)33)27-18-15-21-9-3-6-12-24(21)31(27)34/h1-18,28,32-34H. The van der Waals surface area contributed by atoms with Crippen molar-refractivity contribution < 1.29 is 15.3 Å². The first-order valence-electron chi connectivity index (χ1n) is 11.3. The Labute approximate surface area is 196 Å². The third kappa shape index (κ3) is 3.06. The summed E-state index contributed by atoms with van der Waals surface area (Å²) >= 11 is 0. The van der Waals surface area contributed by atoms with E-state index in [2.05, 4.69) is 0 Å². The minimum absolute atomic E-state index is 0.142. The van der Waals surface area contributed by atoms with E-state index < -0.39 is 5.92 Å². The zero-order valence-electron chi connectivity index (χ0n) is 18.3. The van der Waals surface area contributed by atoms with Crippen LogP contribution in [0, 0.1) is 0 Å². The van der Waals surface area contributed by atoms with Crippen molar-refractivity contribution >= 4 is 32.3 Å². The van der Waals surface area contributed by atoms with E-state index in [0.29, 0.717) is 16.7 Å². The Hall–Kier alpha value is -4.50. The average molecular weight is 443 g/mol. The molecule has 0 aromatic heterocycles. The lowest BCUT2D eigenvalue weighted by Gasteiger charge is -2.24. The van der Waals surface area contributed by atoms with Crippen molar-refractivity contribution in [2.45, 2.75) is 5.92 Å². The summed E-state index contributed by atoms with van der Waals surface area (Å²) in [6, 6.07) is 34.5. The average Bonchev–Trinajstić information content (AvgIpc) is 2.88. The van der Waals surface area contributed by atoms with Crippen LogP contribution >= 0.6 is 0 Å². The fourth-order valence-electron chi connectivity index (χ4n) is 5.02. The maximum absolute atomic E-state index is 11.4. The Kier molecular flexibility index (Phi) is 4.63. The van der Waals surface area contributed by atoms with Crippen LogP contribution in [0.25, 0.3) is 32.3 Å². The predicted octanol–water partition coefficient (Wildman–Crippen LogP) is 7.44. The molecular formula is C31H22O3. The minimum atomic E-state index is -0.584. The van der Waals surface area contributed by atoms with E-state index in [1.165, 1.54) is 0 Å². The van der Waals surface area contributed by atoms with E-state index in [1.807, 2.05) is 109 Å². The van der Waals surface area contributed by atoms with Crippen LogP contribution in [0.2, 0.25) is 0 Å². The lowest BCUT2D eigenvalue weighted by atomic mass is 9.81. The number of aromatic hydroxyl groups is 3. The van der Waals surface area contributed by atoms with Crippen LogP contribution in [-0.2, 0) is 0 Å². The molecule has 0 aliphatic rings. The van der Waals surface area contributed by atoms with Crippen LogP contribution in [0.15, 0.2) is 109 Å². The number of phenols is 3. The number of hydrogen-bond donors (Lipinski definition) is 3. The summed E-state index contributed by atoms with van der Waals surface area (Å²) in [5.74, 6) is -0.159. The number of hydrogen-bond acceptors (Lipinski definition) is 3. The molecule has 0 heterocycles. The fourth-order valence-corrected chi connectivity index (χ4v) is 5.02. The lowest BCUT2D eigenvalue weighted by molar-refractivity contribution is 0.457. The van der Waals surface area contributed by atoms with E-state index in [-0.39, 0.29) is 17.2 Å². The van der Waals surface area contributed by atoms with Gasteiger partial charge in [0.15, 0.2) is 0 Å². The maximum Gasteiger partial charge on any atom is 0.127 e. The van der Waals surface area contributed by atoms with Crippen molar-refractivity contribution in [2.75, 3.05) is 0 Å². The van der Waals surface area contributed by atoms with Gasteiger partial charge in [-0.15, -0.1) is 0 Å². The number of fused-ring (bicyclic) bond motifs is 3. The smallest absolute Gasteiger partial charge is 0.127 e. The predicted molar refractivity (Wildman–Crippen MR) is 138 cm³/mol. The summed E-state index contributed by atoms with van der Waals surface area (Å²) in [5.41, 5.74) is 1.86. The largest absolute Gasteiger partial charge is 0.507 e. The molecule has 6 aromatic carbocycles. The van der Waals surface area contributed by atoms with Gasteiger partial charge in [-0.05, 0) is 16.2 Å². The highest BCUT2D eigenvalue weighted by molar-refractivity contribution is 5.94. The second kappa shape index (κ2) is 7.82. The molecule has 6 rings (SSSR count). The van der Waals surface area contributed by atoms with Crippen LogP contribution in [0.4, 0.5) is 0 Å². The van der Waals surface area contributed by atoms with Crippen LogP contribution in [0.1, 0.15) is 22.6 Å². The van der Waals surface area contributed by atoms with Gasteiger partial charge in [0.1, 0.15) is 17.2 Å². The zero-order valence-corrected chi connectivity index (χ0v) is 18.3. The van der Waals surface area contributed by atoms with Crippen molar-refractivity contribution in [2.24, 2.45) is 0 Å². The van der Waals surface area contributed by atoms with Crippen LogP contribution < -0.4 is 0 Å². The molecule has 34 heavy (non-hydrogen) atoms. The minimum Gasteiger partial charge on any atom is -0.507 e. The third-order valence-corrected chi connectivity index (χ3v) is 6.73. The van der Waals surface area contributed by atoms with E-state index >= 15 is 0 Å². The van der Waals surface area contributed by atoms with Gasteiger partial charge in [-0.3, -0.25) is 0 Å². The van der Waals surface area contributed by atoms with Crippen LogP contribution in [0.3, 0.4) is 0 Å². The second-order valence-corrected chi connectivity index (χ2v) is 8.61. The maximum atomic E-state index is 11.4. The Morgan fingerprint density at radius 1 is 0.353 bits per heavy atom. The monoisotopic (exact) mass is 442 g/mol. The first-order valence-corrected chi connectivity index (χ1v) is 11.3. The van der Waals surface area contributed by atoms with Gasteiger partial charge in [0.25, 0.3) is 0 Å². The topological polar surface area (TPSA) is 60.7 Å². The van der Waals surface area contributed by atoms with Gasteiger partial charge >= 0.3 is 0 Å². The molecule has 6 aromatic rings.